The topological polar surface area (TPSA) is 49.3 Å². The van der Waals surface area contributed by atoms with Gasteiger partial charge in [-0.15, -0.1) is 0 Å². The zero-order valence-corrected chi connectivity index (χ0v) is 9.23. The van der Waals surface area contributed by atoms with Crippen LogP contribution in [0.25, 0.3) is 0 Å². The van der Waals surface area contributed by atoms with Crippen LogP contribution in [-0.4, -0.2) is 24.5 Å². The molecule has 1 aliphatic rings. The van der Waals surface area contributed by atoms with E-state index in [1.807, 2.05) is 18.2 Å². The molecule has 2 atom stereocenters. The van der Waals surface area contributed by atoms with Crippen molar-refractivity contribution < 1.29 is 9.90 Å². The maximum absolute atomic E-state index is 10.9. The first-order chi connectivity index (χ1) is 7.83. The maximum Gasteiger partial charge on any atom is 0.150 e. The van der Waals surface area contributed by atoms with Crippen LogP contribution < -0.4 is 5.32 Å². The van der Waals surface area contributed by atoms with E-state index in [-0.39, 0.29) is 5.92 Å². The molecule has 0 bridgehead atoms. The van der Waals surface area contributed by atoms with Crippen molar-refractivity contribution in [2.24, 2.45) is 5.92 Å². The molecule has 1 aromatic carbocycles. The minimum absolute atomic E-state index is 0.217. The summed E-state index contributed by atoms with van der Waals surface area (Å²) < 4.78 is 0. The van der Waals surface area contributed by atoms with Gasteiger partial charge in [0.05, 0.1) is 6.10 Å². The van der Waals surface area contributed by atoms with Gasteiger partial charge in [0.1, 0.15) is 6.29 Å². The zero-order valence-electron chi connectivity index (χ0n) is 9.23. The maximum atomic E-state index is 10.9. The van der Waals surface area contributed by atoms with Gasteiger partial charge in [0.15, 0.2) is 0 Å². The van der Waals surface area contributed by atoms with E-state index in [0.29, 0.717) is 5.56 Å². The average Bonchev–Trinajstić information content (AvgIpc) is 2.39. The van der Waals surface area contributed by atoms with Crippen molar-refractivity contribution >= 4 is 6.29 Å². The normalized spacial score (nSPS) is 22.7. The van der Waals surface area contributed by atoms with Crippen LogP contribution in [0.2, 0.25) is 0 Å². The summed E-state index contributed by atoms with van der Waals surface area (Å²) in [6.07, 6.45) is 2.38. The Kier molecular flexibility index (Phi) is 3.70. The third-order valence-electron chi connectivity index (χ3n) is 3.22. The van der Waals surface area contributed by atoms with Crippen molar-refractivity contribution in [3.8, 4) is 0 Å². The summed E-state index contributed by atoms with van der Waals surface area (Å²) in [5.41, 5.74) is 1.35. The number of carbonyl (C=O) groups is 1. The summed E-state index contributed by atoms with van der Waals surface area (Å²) >= 11 is 0. The fourth-order valence-corrected chi connectivity index (χ4v) is 2.29. The van der Waals surface area contributed by atoms with Crippen LogP contribution in [0, 0.1) is 5.92 Å². The first kappa shape index (κ1) is 11.3. The lowest BCUT2D eigenvalue weighted by molar-refractivity contribution is 0.0900. The number of benzene rings is 1. The summed E-state index contributed by atoms with van der Waals surface area (Å²) in [5.74, 6) is 0.217. The monoisotopic (exact) mass is 219 g/mol. The largest absolute Gasteiger partial charge is 0.388 e. The molecule has 2 rings (SSSR count). The molecular weight excluding hydrogens is 202 g/mol. The van der Waals surface area contributed by atoms with E-state index in [1.54, 1.807) is 6.07 Å². The summed E-state index contributed by atoms with van der Waals surface area (Å²) in [7, 11) is 0. The molecular formula is C13H17NO2. The fraction of sp³-hybridized carbons (Fsp3) is 0.462. The Labute approximate surface area is 95.5 Å². The number of piperidine rings is 1. The van der Waals surface area contributed by atoms with Gasteiger partial charge in [0.25, 0.3) is 0 Å². The highest BCUT2D eigenvalue weighted by Gasteiger charge is 2.24. The third kappa shape index (κ3) is 2.31. The number of aliphatic hydroxyl groups excluding tert-OH is 1. The third-order valence-corrected chi connectivity index (χ3v) is 3.22. The van der Waals surface area contributed by atoms with Gasteiger partial charge in [-0.3, -0.25) is 4.79 Å². The van der Waals surface area contributed by atoms with Gasteiger partial charge in [0.2, 0.25) is 0 Å². The molecule has 0 amide bonds. The van der Waals surface area contributed by atoms with Crippen LogP contribution in [-0.2, 0) is 0 Å². The second-order valence-corrected chi connectivity index (χ2v) is 4.30. The molecule has 1 saturated heterocycles. The molecule has 1 heterocycles. The van der Waals surface area contributed by atoms with Gasteiger partial charge < -0.3 is 10.4 Å². The number of rotatable bonds is 3. The predicted molar refractivity (Wildman–Crippen MR) is 62.4 cm³/mol. The molecule has 3 heteroatoms. The fourth-order valence-electron chi connectivity index (χ4n) is 2.29. The highest BCUT2D eigenvalue weighted by atomic mass is 16.3. The Morgan fingerprint density at radius 1 is 1.44 bits per heavy atom. The van der Waals surface area contributed by atoms with Gasteiger partial charge in [0, 0.05) is 18.0 Å². The Hall–Kier alpha value is -1.19. The number of aliphatic hydroxyl groups is 1. The van der Waals surface area contributed by atoms with E-state index in [4.69, 9.17) is 0 Å². The lowest BCUT2D eigenvalue weighted by Crippen LogP contribution is -2.33. The van der Waals surface area contributed by atoms with Gasteiger partial charge in [-0.25, -0.2) is 0 Å². The summed E-state index contributed by atoms with van der Waals surface area (Å²) in [4.78, 5) is 10.9. The Bertz CT molecular complexity index is 359. The van der Waals surface area contributed by atoms with Crippen molar-refractivity contribution in [2.75, 3.05) is 13.1 Å². The van der Waals surface area contributed by atoms with Gasteiger partial charge >= 0.3 is 0 Å². The second-order valence-electron chi connectivity index (χ2n) is 4.30. The molecule has 0 aromatic heterocycles. The van der Waals surface area contributed by atoms with E-state index < -0.39 is 6.10 Å². The quantitative estimate of drug-likeness (QED) is 0.758. The molecule has 1 aromatic rings. The average molecular weight is 219 g/mol. The SMILES string of the molecule is O=Cc1ccccc1C(O)C1CCCNC1. The van der Waals surface area contributed by atoms with Crippen LogP contribution >= 0.6 is 0 Å². The smallest absolute Gasteiger partial charge is 0.150 e. The summed E-state index contributed by atoms with van der Waals surface area (Å²) in [6.45, 7) is 1.85. The molecule has 2 unspecified atom stereocenters. The lowest BCUT2D eigenvalue weighted by atomic mass is 9.88. The summed E-state index contributed by atoms with van der Waals surface area (Å²) in [5, 5.41) is 13.5. The first-order valence-electron chi connectivity index (χ1n) is 5.76. The van der Waals surface area contributed by atoms with Crippen molar-refractivity contribution in [3.63, 3.8) is 0 Å². The van der Waals surface area contributed by atoms with E-state index >= 15 is 0 Å². The number of aldehydes is 1. The molecule has 0 aliphatic carbocycles. The molecule has 1 aliphatic heterocycles. The number of carbonyl (C=O) groups excluding carboxylic acids is 1. The second kappa shape index (κ2) is 5.23. The van der Waals surface area contributed by atoms with Crippen LogP contribution in [0.3, 0.4) is 0 Å². The molecule has 3 nitrogen and oxygen atoms in total. The van der Waals surface area contributed by atoms with E-state index in [1.165, 1.54) is 0 Å². The van der Waals surface area contributed by atoms with Crippen LogP contribution in [0.4, 0.5) is 0 Å². The minimum Gasteiger partial charge on any atom is -0.388 e. The molecule has 2 N–H and O–H groups in total. The van der Waals surface area contributed by atoms with Gasteiger partial charge in [-0.2, -0.15) is 0 Å². The van der Waals surface area contributed by atoms with Crippen molar-refractivity contribution in [3.05, 3.63) is 35.4 Å². The highest BCUT2D eigenvalue weighted by Crippen LogP contribution is 2.28. The van der Waals surface area contributed by atoms with Crippen LogP contribution in [0.15, 0.2) is 24.3 Å². The first-order valence-corrected chi connectivity index (χ1v) is 5.76. The van der Waals surface area contributed by atoms with Crippen molar-refractivity contribution in [1.82, 2.24) is 5.32 Å². The Balaban J connectivity index is 2.18. The zero-order chi connectivity index (χ0) is 11.4. The van der Waals surface area contributed by atoms with E-state index in [2.05, 4.69) is 5.32 Å². The molecule has 1 fully saturated rings. The lowest BCUT2D eigenvalue weighted by Gasteiger charge is -2.28. The molecule has 0 radical (unpaired) electrons. The van der Waals surface area contributed by atoms with E-state index in [0.717, 1.165) is 37.8 Å². The van der Waals surface area contributed by atoms with Gasteiger partial charge in [-0.05, 0) is 24.9 Å². The van der Waals surface area contributed by atoms with Crippen molar-refractivity contribution in [2.45, 2.75) is 18.9 Å². The van der Waals surface area contributed by atoms with Crippen molar-refractivity contribution in [1.29, 1.82) is 0 Å². The number of nitrogens with one attached hydrogen (secondary N) is 1. The van der Waals surface area contributed by atoms with Crippen LogP contribution in [0.1, 0.15) is 34.9 Å². The molecule has 0 spiro atoms. The predicted octanol–water partition coefficient (Wildman–Crippen LogP) is 1.53. The Morgan fingerprint density at radius 2 is 2.25 bits per heavy atom. The minimum atomic E-state index is -0.533. The Morgan fingerprint density at radius 3 is 2.94 bits per heavy atom. The number of hydrogen-bond acceptors (Lipinski definition) is 3. The molecule has 16 heavy (non-hydrogen) atoms. The number of hydrogen-bond donors (Lipinski definition) is 2. The van der Waals surface area contributed by atoms with Crippen LogP contribution in [0.5, 0.6) is 0 Å². The van der Waals surface area contributed by atoms with Gasteiger partial charge in [-0.1, -0.05) is 24.3 Å². The standard InChI is InChI=1S/C13H17NO2/c15-9-11-4-1-2-6-12(11)13(16)10-5-3-7-14-8-10/h1-2,4,6,9-10,13-14,16H,3,5,7-8H2. The highest BCUT2D eigenvalue weighted by molar-refractivity contribution is 5.77. The molecule has 86 valence electrons. The molecule has 0 saturated carbocycles. The van der Waals surface area contributed by atoms with E-state index in [9.17, 15) is 9.90 Å². The summed E-state index contributed by atoms with van der Waals surface area (Å²) in [6, 6.07) is 7.27.